The summed E-state index contributed by atoms with van der Waals surface area (Å²) in [6, 6.07) is -8.30. The summed E-state index contributed by atoms with van der Waals surface area (Å²) >= 11 is 9.74. The zero-order valence-electron chi connectivity index (χ0n) is 55.5. The fraction of sp³-hybridized carbons (Fsp3) is 0.644. The molecule has 0 saturated carbocycles. The van der Waals surface area contributed by atoms with E-state index >= 15 is 0 Å². The van der Waals surface area contributed by atoms with Gasteiger partial charge in [0.15, 0.2) is 17.9 Å². The van der Waals surface area contributed by atoms with Gasteiger partial charge in [-0.25, -0.2) is 0 Å². The number of hydrogen-bond acceptors (Lipinski definition) is 19. The fourth-order valence-corrected chi connectivity index (χ4v) is 10.8. The average Bonchev–Trinajstić information content (AvgIpc) is 1.58. The Labute approximate surface area is 574 Å². The van der Waals surface area contributed by atoms with Crippen molar-refractivity contribution in [3.05, 3.63) is 29.8 Å². The lowest BCUT2D eigenvalue weighted by Gasteiger charge is -2.31. The van der Waals surface area contributed by atoms with E-state index < -0.39 is 143 Å². The van der Waals surface area contributed by atoms with Gasteiger partial charge in [-0.1, -0.05) is 39.8 Å². The third-order valence-electron chi connectivity index (χ3n) is 14.9. The van der Waals surface area contributed by atoms with Gasteiger partial charge in [0.05, 0.1) is 0 Å². The predicted octanol–water partition coefficient (Wildman–Crippen LogP) is -5.23. The summed E-state index contributed by atoms with van der Waals surface area (Å²) in [4.78, 5) is 178. The van der Waals surface area contributed by atoms with E-state index in [-0.39, 0.29) is 125 Å². The standard InChI is InChI=1S/C59H101N21O13S3/c1-30(2)26-40(75-49(86)38(20-25-96-7)73-53(90)43(29-95)78-48(85)36(71-33(6)81)12-8-21-67-57(61)62)51(88)70-32(5)47(84)72-37(13-9-22-68-58(63)64)50(87)79-45(31(3)4)55(92)76-41(27-34-16-18-35(82)19-17-34)52(89)74-39(14-10-23-69-59(65)66)56(93)80-24-11-15-44(80)54(91)77-42(28-94)46(60)83/h16-19,30-32,36-45,82,94-95H,8-15,20-29H2,1-7H3,(H2,60,83)(H,70,88)(H,71,81)(H,72,84)(H,73,90)(H,74,89)(H,75,86)(H,76,92)(H,77,91)(H,78,85)(H,79,87)(H4,61,62,67)(H4,63,64,68)(H4,65,66,69)/t32-,36+,37+,38+,39+,40+,41+,42+,43+,44+,45+/m1/s1. The Morgan fingerprint density at radius 1 is 0.542 bits per heavy atom. The summed E-state index contributed by atoms with van der Waals surface area (Å²) in [6.07, 6.45) is 2.84. The summed E-state index contributed by atoms with van der Waals surface area (Å²) in [5, 5.41) is 36.5. The summed E-state index contributed by atoms with van der Waals surface area (Å²) in [6.45, 7) is 9.68. The molecule has 34 nitrogen and oxygen atoms in total. The van der Waals surface area contributed by atoms with Gasteiger partial charge in [0.25, 0.3) is 0 Å². The maximum atomic E-state index is 14.7. The maximum absolute atomic E-state index is 14.7. The summed E-state index contributed by atoms with van der Waals surface area (Å²) in [5.41, 5.74) is 38.9. The molecule has 0 radical (unpaired) electrons. The lowest BCUT2D eigenvalue weighted by molar-refractivity contribution is -0.142. The van der Waals surface area contributed by atoms with Crippen LogP contribution in [0.2, 0.25) is 0 Å². The molecule has 11 atom stereocenters. The molecule has 0 bridgehead atoms. The number of carbonyl (C=O) groups excluding carboxylic acids is 12. The molecule has 1 aromatic carbocycles. The van der Waals surface area contributed by atoms with Crippen LogP contribution >= 0.6 is 37.0 Å². The zero-order valence-corrected chi connectivity index (χ0v) is 58.1. The number of benzene rings is 1. The second-order valence-corrected chi connectivity index (χ2v) is 25.4. The number of phenols is 1. The van der Waals surface area contributed by atoms with Crippen LogP contribution in [-0.4, -0.2) is 215 Å². The Hall–Kier alpha value is -8.48. The van der Waals surface area contributed by atoms with Crippen LogP contribution < -0.4 is 93.3 Å². The Morgan fingerprint density at radius 2 is 0.979 bits per heavy atom. The van der Waals surface area contributed by atoms with Crippen LogP contribution in [0.15, 0.2) is 39.2 Å². The number of nitrogens with one attached hydrogen (secondary N) is 10. The number of aromatic hydroxyl groups is 1. The van der Waals surface area contributed by atoms with Crippen LogP contribution in [0, 0.1) is 11.8 Å². The highest BCUT2D eigenvalue weighted by atomic mass is 32.2. The molecule has 1 aliphatic rings. The molecular weight excluding hydrogens is 1310 g/mol. The number of carbonyl (C=O) groups is 12. The number of aliphatic imine (C=N–C) groups is 3. The third kappa shape index (κ3) is 30.9. The van der Waals surface area contributed by atoms with Crippen LogP contribution in [0.1, 0.15) is 111 Å². The molecule has 25 N–H and O–H groups in total. The summed E-state index contributed by atoms with van der Waals surface area (Å²) < 4.78 is 0. The number of hydrogen-bond donors (Lipinski definition) is 20. The number of rotatable bonds is 43. The molecule has 1 heterocycles. The van der Waals surface area contributed by atoms with Crippen molar-refractivity contribution in [1.29, 1.82) is 0 Å². The minimum atomic E-state index is -1.47. The Balaban J connectivity index is 2.46. The second-order valence-electron chi connectivity index (χ2n) is 23.7. The van der Waals surface area contributed by atoms with E-state index in [2.05, 4.69) is 93.4 Å². The number of thiol groups is 2. The van der Waals surface area contributed by atoms with Gasteiger partial charge in [-0.2, -0.15) is 37.0 Å². The van der Waals surface area contributed by atoms with Crippen LogP contribution in [0.4, 0.5) is 0 Å². The number of primary amides is 1. The minimum Gasteiger partial charge on any atom is -0.508 e. The Morgan fingerprint density at radius 3 is 1.47 bits per heavy atom. The lowest BCUT2D eigenvalue weighted by atomic mass is 9.99. The van der Waals surface area contributed by atoms with Gasteiger partial charge in [-0.15, -0.1) is 0 Å². The number of nitrogens with zero attached hydrogens (tertiary/aromatic N) is 4. The highest BCUT2D eigenvalue weighted by Crippen LogP contribution is 2.21. The van der Waals surface area contributed by atoms with Gasteiger partial charge in [-0.3, -0.25) is 72.5 Å². The number of likely N-dealkylation sites (tertiary alicyclic amines) is 1. The van der Waals surface area contributed by atoms with Crippen molar-refractivity contribution < 1.29 is 62.6 Å². The molecule has 96 heavy (non-hydrogen) atoms. The lowest BCUT2D eigenvalue weighted by Crippen LogP contribution is -2.61. The third-order valence-corrected chi connectivity index (χ3v) is 16.2. The molecular formula is C59H101N21O13S3. The molecule has 0 spiro atoms. The van der Waals surface area contributed by atoms with E-state index in [1.54, 1.807) is 34.0 Å². The Kier molecular flexibility index (Phi) is 37.9. The van der Waals surface area contributed by atoms with E-state index in [4.69, 9.17) is 40.1 Å². The first-order valence-corrected chi connectivity index (χ1v) is 34.1. The van der Waals surface area contributed by atoms with Crippen molar-refractivity contribution >= 4 is 126 Å². The molecule has 0 aromatic heterocycles. The number of thioether (sulfide) groups is 1. The maximum Gasteiger partial charge on any atom is 0.245 e. The zero-order chi connectivity index (χ0) is 72.4. The summed E-state index contributed by atoms with van der Waals surface area (Å²) in [5.74, 6) is -10.8. The van der Waals surface area contributed by atoms with E-state index in [1.165, 1.54) is 54.8 Å². The molecule has 1 aliphatic heterocycles. The van der Waals surface area contributed by atoms with Crippen molar-refractivity contribution in [1.82, 2.24) is 58.1 Å². The van der Waals surface area contributed by atoms with Gasteiger partial charge in [0.2, 0.25) is 70.9 Å². The molecule has 12 amide bonds. The van der Waals surface area contributed by atoms with E-state index in [0.717, 1.165) is 0 Å². The highest BCUT2D eigenvalue weighted by molar-refractivity contribution is 7.98. The van der Waals surface area contributed by atoms with Crippen molar-refractivity contribution in [2.24, 2.45) is 66.9 Å². The van der Waals surface area contributed by atoms with Crippen LogP contribution in [-0.2, 0) is 64.0 Å². The molecule has 1 saturated heterocycles. The van der Waals surface area contributed by atoms with Crippen LogP contribution in [0.5, 0.6) is 5.75 Å². The Bertz CT molecular complexity index is 2880. The molecule has 1 fully saturated rings. The topological polar surface area (TPSA) is 568 Å². The SMILES string of the molecule is CSCC[C@H](NC(=O)[C@H](CS)NC(=O)[C@H](CCCN=C(N)N)NC(C)=O)C(=O)N[C@@H](CC(C)C)C(=O)N[C@H](C)C(=O)N[C@@H](CCCN=C(N)N)C(=O)N[C@H](C(=O)N[C@@H](Cc1ccc(O)cc1)C(=O)N[C@@H](CCCN=C(N)N)C(=O)N1CCC[C@H]1C(=O)N[C@@H](CS)C(N)=O)C(C)C. The molecule has 0 aliphatic carbocycles. The summed E-state index contributed by atoms with van der Waals surface area (Å²) in [7, 11) is 0. The van der Waals surface area contributed by atoms with Crippen molar-refractivity contribution in [3.8, 4) is 5.75 Å². The number of phenolic OH excluding ortho intramolecular Hbond substituents is 1. The van der Waals surface area contributed by atoms with Crippen molar-refractivity contribution in [2.75, 3.05) is 49.7 Å². The predicted molar refractivity (Wildman–Crippen MR) is 371 cm³/mol. The highest BCUT2D eigenvalue weighted by Gasteiger charge is 2.41. The molecule has 1 aromatic rings. The quantitative estimate of drug-likeness (QED) is 0.0126. The van der Waals surface area contributed by atoms with Crippen molar-refractivity contribution in [3.63, 3.8) is 0 Å². The van der Waals surface area contributed by atoms with Gasteiger partial charge in [-0.05, 0) is 113 Å². The molecule has 538 valence electrons. The monoisotopic (exact) mass is 1410 g/mol. The van der Waals surface area contributed by atoms with E-state index in [0.29, 0.717) is 24.2 Å². The van der Waals surface area contributed by atoms with E-state index in [1.807, 2.05) is 0 Å². The number of amides is 12. The van der Waals surface area contributed by atoms with Crippen LogP contribution in [0.3, 0.4) is 0 Å². The first-order chi connectivity index (χ1) is 45.2. The van der Waals surface area contributed by atoms with E-state index in [9.17, 15) is 62.6 Å². The van der Waals surface area contributed by atoms with Crippen LogP contribution in [0.25, 0.3) is 0 Å². The molecule has 37 heteroatoms. The first-order valence-electron chi connectivity index (χ1n) is 31.5. The fourth-order valence-electron chi connectivity index (χ4n) is 9.82. The largest absolute Gasteiger partial charge is 0.508 e. The van der Waals surface area contributed by atoms with Gasteiger partial charge >= 0.3 is 0 Å². The number of guanidine groups is 3. The first kappa shape index (κ1) is 83.6. The van der Waals surface area contributed by atoms with Gasteiger partial charge in [0, 0.05) is 51.0 Å². The number of nitrogens with two attached hydrogens (primary N) is 7. The minimum absolute atomic E-state index is 0.00635. The average molecular weight is 1410 g/mol. The normalized spacial score (nSPS) is 15.7. The molecule has 0 unspecified atom stereocenters. The van der Waals surface area contributed by atoms with Gasteiger partial charge < -0.3 is 103 Å². The smallest absolute Gasteiger partial charge is 0.245 e. The van der Waals surface area contributed by atoms with Crippen molar-refractivity contribution in [2.45, 2.75) is 179 Å². The molecule has 2 rings (SSSR count). The van der Waals surface area contributed by atoms with Gasteiger partial charge in [0.1, 0.15) is 72.2 Å². The second kappa shape index (κ2) is 43.6.